The number of H-pyrrole nitrogens is 1. The molecule has 1 heterocycles. The topological polar surface area (TPSA) is 49.9 Å². The van der Waals surface area contributed by atoms with Crippen LogP contribution in [0, 0.1) is 11.6 Å². The number of hydrogen-bond donors (Lipinski definition) is 2. The van der Waals surface area contributed by atoms with Crippen LogP contribution in [0.3, 0.4) is 0 Å². The van der Waals surface area contributed by atoms with Crippen molar-refractivity contribution in [1.82, 2.24) is 15.3 Å². The summed E-state index contributed by atoms with van der Waals surface area (Å²) in [5.74, 6) is -1.18. The van der Waals surface area contributed by atoms with Gasteiger partial charge in [0.1, 0.15) is 11.6 Å². The molecule has 0 aliphatic carbocycles. The molecule has 0 fully saturated rings. The highest BCUT2D eigenvalue weighted by molar-refractivity contribution is 7.99. The fourth-order valence-electron chi connectivity index (χ4n) is 1.62. The lowest BCUT2D eigenvalue weighted by Gasteiger charge is -2.08. The molecule has 4 nitrogen and oxygen atoms in total. The molecule has 0 radical (unpaired) electrons. The molecule has 7 heteroatoms. The van der Waals surface area contributed by atoms with Gasteiger partial charge >= 0.3 is 0 Å². The first-order valence-electron chi connectivity index (χ1n) is 6.05. The molecule has 2 aromatic rings. The second-order valence-corrected chi connectivity index (χ2v) is 5.05. The zero-order valence-electron chi connectivity index (χ0n) is 11.0. The van der Waals surface area contributed by atoms with Crippen LogP contribution >= 0.6 is 11.8 Å². The number of imidazole rings is 1. The van der Waals surface area contributed by atoms with Gasteiger partial charge in [-0.15, -0.1) is 0 Å². The molecule has 0 bridgehead atoms. The Bertz CT molecular complexity index is 526. The fraction of sp³-hybridized carbons (Fsp3) is 0.308. The molecule has 1 aromatic carbocycles. The number of rotatable bonds is 7. The monoisotopic (exact) mass is 299 g/mol. The number of hydrogen-bond acceptors (Lipinski definition) is 4. The zero-order valence-corrected chi connectivity index (χ0v) is 11.8. The van der Waals surface area contributed by atoms with Crippen molar-refractivity contribution < 1.29 is 13.5 Å². The molecule has 1 aromatic heterocycles. The lowest BCUT2D eigenvalue weighted by atomic mass is 10.2. The molecule has 0 amide bonds. The van der Waals surface area contributed by atoms with Crippen molar-refractivity contribution in [3.8, 4) is 0 Å². The Hall–Kier alpha value is -1.44. The van der Waals surface area contributed by atoms with Gasteiger partial charge in [0.2, 0.25) is 0 Å². The lowest BCUT2D eigenvalue weighted by Crippen LogP contribution is -2.18. The second-order valence-electron chi connectivity index (χ2n) is 4.05. The molecule has 108 valence electrons. The quantitative estimate of drug-likeness (QED) is 0.772. The Morgan fingerprint density at radius 1 is 1.35 bits per heavy atom. The van der Waals surface area contributed by atoms with Crippen molar-refractivity contribution >= 4 is 11.8 Å². The van der Waals surface area contributed by atoms with E-state index in [4.69, 9.17) is 4.74 Å². The van der Waals surface area contributed by atoms with Crippen LogP contribution in [0.2, 0.25) is 0 Å². The van der Waals surface area contributed by atoms with Crippen molar-refractivity contribution in [2.75, 3.05) is 20.3 Å². The average Bonchev–Trinajstić information content (AvgIpc) is 2.92. The first-order chi connectivity index (χ1) is 9.70. The van der Waals surface area contributed by atoms with E-state index in [-0.39, 0.29) is 4.90 Å². The minimum atomic E-state index is -0.588. The molecule has 0 atom stereocenters. The van der Waals surface area contributed by atoms with Gasteiger partial charge in [-0.2, -0.15) is 0 Å². The number of methoxy groups -OCH3 is 1. The Kier molecular flexibility index (Phi) is 5.51. The van der Waals surface area contributed by atoms with Crippen LogP contribution in [0.1, 0.15) is 5.56 Å². The third-order valence-corrected chi connectivity index (χ3v) is 3.55. The van der Waals surface area contributed by atoms with Gasteiger partial charge < -0.3 is 15.0 Å². The summed E-state index contributed by atoms with van der Waals surface area (Å²) in [6.07, 6.45) is 3.14. The molecule has 0 saturated carbocycles. The summed E-state index contributed by atoms with van der Waals surface area (Å²) >= 11 is 0.931. The summed E-state index contributed by atoms with van der Waals surface area (Å²) in [5, 5.41) is 3.49. The summed E-state index contributed by atoms with van der Waals surface area (Å²) in [4.78, 5) is 6.67. The summed E-state index contributed by atoms with van der Waals surface area (Å²) in [7, 11) is 1.60. The van der Waals surface area contributed by atoms with E-state index >= 15 is 0 Å². The number of ether oxygens (including phenoxy) is 1. The highest BCUT2D eigenvalue weighted by Crippen LogP contribution is 2.30. The summed E-state index contributed by atoms with van der Waals surface area (Å²) in [5.41, 5.74) is 0.555. The molecule has 20 heavy (non-hydrogen) atoms. The molecule has 0 spiro atoms. The summed E-state index contributed by atoms with van der Waals surface area (Å²) in [6, 6.07) is 2.66. The number of nitrogens with one attached hydrogen (secondary N) is 2. The maximum absolute atomic E-state index is 13.9. The molecule has 0 aliphatic rings. The molecule has 2 N–H and O–H groups in total. The van der Waals surface area contributed by atoms with Gasteiger partial charge in [0, 0.05) is 32.6 Å². The Morgan fingerprint density at radius 3 is 2.70 bits per heavy atom. The van der Waals surface area contributed by atoms with Gasteiger partial charge in [-0.3, -0.25) is 0 Å². The van der Waals surface area contributed by atoms with Crippen LogP contribution in [0.5, 0.6) is 0 Å². The molecular formula is C13H15F2N3OS. The number of nitrogens with zero attached hydrogens (tertiary/aromatic N) is 1. The summed E-state index contributed by atoms with van der Waals surface area (Å²) < 4.78 is 32.7. The third-order valence-electron chi connectivity index (χ3n) is 2.54. The van der Waals surface area contributed by atoms with Crippen LogP contribution < -0.4 is 5.32 Å². The Balaban J connectivity index is 2.04. The van der Waals surface area contributed by atoms with Crippen LogP contribution in [0.15, 0.2) is 34.6 Å². The number of halogens is 2. The lowest BCUT2D eigenvalue weighted by molar-refractivity contribution is 0.199. The number of benzene rings is 1. The second kappa shape index (κ2) is 7.37. The molecule has 2 rings (SSSR count). The van der Waals surface area contributed by atoms with Gasteiger partial charge in [0.15, 0.2) is 5.16 Å². The first-order valence-corrected chi connectivity index (χ1v) is 6.87. The molecule has 0 aliphatic heterocycles. The summed E-state index contributed by atoms with van der Waals surface area (Å²) in [6.45, 7) is 1.57. The van der Waals surface area contributed by atoms with Crippen molar-refractivity contribution in [3.63, 3.8) is 0 Å². The van der Waals surface area contributed by atoms with E-state index in [9.17, 15) is 8.78 Å². The minimum Gasteiger partial charge on any atom is -0.383 e. The number of aromatic nitrogens is 2. The fourth-order valence-corrected chi connectivity index (χ4v) is 2.37. The molecular weight excluding hydrogens is 284 g/mol. The van der Waals surface area contributed by atoms with Crippen LogP contribution in [0.4, 0.5) is 8.78 Å². The molecule has 0 saturated heterocycles. The Morgan fingerprint density at radius 2 is 2.10 bits per heavy atom. The van der Waals surface area contributed by atoms with E-state index in [1.807, 2.05) is 0 Å². The van der Waals surface area contributed by atoms with Crippen molar-refractivity contribution in [2.24, 2.45) is 0 Å². The van der Waals surface area contributed by atoms with Crippen LogP contribution in [-0.2, 0) is 11.3 Å². The normalized spacial score (nSPS) is 10.9. The highest BCUT2D eigenvalue weighted by atomic mass is 32.2. The van der Waals surface area contributed by atoms with E-state index in [2.05, 4.69) is 15.3 Å². The van der Waals surface area contributed by atoms with E-state index in [0.29, 0.717) is 30.4 Å². The smallest absolute Gasteiger partial charge is 0.170 e. The maximum Gasteiger partial charge on any atom is 0.170 e. The van der Waals surface area contributed by atoms with Gasteiger partial charge in [-0.25, -0.2) is 13.8 Å². The predicted molar refractivity (Wildman–Crippen MR) is 72.7 cm³/mol. The van der Waals surface area contributed by atoms with E-state index in [1.54, 1.807) is 13.3 Å². The standard InChI is InChI=1S/C13H15F2N3OS/c1-19-5-4-16-8-9-6-10(14)12(11(15)7-9)20-13-17-2-3-18-13/h2-3,6-7,16H,4-5,8H2,1H3,(H,17,18). The van der Waals surface area contributed by atoms with Crippen molar-refractivity contribution in [3.05, 3.63) is 41.7 Å². The SMILES string of the molecule is COCCNCc1cc(F)c(Sc2ncc[nH]2)c(F)c1. The Labute approximate surface area is 119 Å². The van der Waals surface area contributed by atoms with Gasteiger partial charge in [-0.1, -0.05) is 0 Å². The average molecular weight is 299 g/mol. The predicted octanol–water partition coefficient (Wildman–Crippen LogP) is 2.58. The van der Waals surface area contributed by atoms with Crippen LogP contribution in [0.25, 0.3) is 0 Å². The first kappa shape index (κ1) is 15.0. The third kappa shape index (κ3) is 4.03. The van der Waals surface area contributed by atoms with Crippen LogP contribution in [-0.4, -0.2) is 30.2 Å². The number of aromatic amines is 1. The van der Waals surface area contributed by atoms with Gasteiger partial charge in [0.25, 0.3) is 0 Å². The van der Waals surface area contributed by atoms with E-state index < -0.39 is 11.6 Å². The van der Waals surface area contributed by atoms with Crippen molar-refractivity contribution in [1.29, 1.82) is 0 Å². The minimum absolute atomic E-state index is 0.0550. The largest absolute Gasteiger partial charge is 0.383 e. The van der Waals surface area contributed by atoms with E-state index in [1.165, 1.54) is 18.3 Å². The van der Waals surface area contributed by atoms with Gasteiger partial charge in [0.05, 0.1) is 11.5 Å². The van der Waals surface area contributed by atoms with Gasteiger partial charge in [-0.05, 0) is 29.5 Å². The molecule has 0 unspecified atom stereocenters. The zero-order chi connectivity index (χ0) is 14.4. The highest BCUT2D eigenvalue weighted by Gasteiger charge is 2.13. The van der Waals surface area contributed by atoms with E-state index in [0.717, 1.165) is 11.8 Å². The van der Waals surface area contributed by atoms with Crippen molar-refractivity contribution in [2.45, 2.75) is 16.6 Å². The maximum atomic E-state index is 13.9.